The van der Waals surface area contributed by atoms with Crippen molar-refractivity contribution in [3.05, 3.63) is 29.8 Å². The Bertz CT molecular complexity index is 377. The van der Waals surface area contributed by atoms with Crippen molar-refractivity contribution in [1.29, 1.82) is 0 Å². The number of para-hydroxylation sites is 1. The Labute approximate surface area is 93.7 Å². The Morgan fingerprint density at radius 1 is 1.27 bits per heavy atom. The first kappa shape index (κ1) is 9.28. The van der Waals surface area contributed by atoms with Gasteiger partial charge in [-0.25, -0.2) is 0 Å². The molecule has 0 aromatic heterocycles. The molecule has 2 atom stereocenters. The third kappa shape index (κ3) is 1.55. The van der Waals surface area contributed by atoms with Gasteiger partial charge in [0.1, 0.15) is 0 Å². The Kier molecular flexibility index (Phi) is 2.20. The van der Waals surface area contributed by atoms with E-state index in [0.29, 0.717) is 0 Å². The van der Waals surface area contributed by atoms with Gasteiger partial charge in [-0.15, -0.1) is 0 Å². The van der Waals surface area contributed by atoms with E-state index < -0.39 is 0 Å². The summed E-state index contributed by atoms with van der Waals surface area (Å²) in [6.45, 7) is 2.21. The number of nitrogens with zero attached hydrogens (tertiary/aromatic N) is 1. The summed E-state index contributed by atoms with van der Waals surface area (Å²) in [6.07, 6.45) is 2.33. The van der Waals surface area contributed by atoms with Crippen LogP contribution in [0.2, 0.25) is 0 Å². The van der Waals surface area contributed by atoms with Crippen molar-refractivity contribution in [1.82, 2.24) is 0 Å². The zero-order valence-corrected chi connectivity index (χ0v) is 9.24. The van der Waals surface area contributed by atoms with Gasteiger partial charge in [-0.05, 0) is 18.6 Å². The van der Waals surface area contributed by atoms with Crippen LogP contribution in [0.15, 0.2) is 24.3 Å². The van der Waals surface area contributed by atoms with Gasteiger partial charge in [0, 0.05) is 34.8 Å². The molecule has 0 aliphatic carbocycles. The second kappa shape index (κ2) is 3.56. The molecule has 3 fully saturated rings. The third-order valence-corrected chi connectivity index (χ3v) is 4.62. The predicted octanol–water partition coefficient (Wildman–Crippen LogP) is 2.19. The van der Waals surface area contributed by atoms with Gasteiger partial charge < -0.3 is 4.90 Å². The van der Waals surface area contributed by atoms with Gasteiger partial charge in [0.15, 0.2) is 6.29 Å². The molecule has 1 aromatic rings. The first-order chi connectivity index (χ1) is 7.36. The zero-order chi connectivity index (χ0) is 10.3. The third-order valence-electron chi connectivity index (χ3n) is 3.16. The Morgan fingerprint density at radius 2 is 1.93 bits per heavy atom. The smallest absolute Gasteiger partial charge is 0.152 e. The molecule has 2 nitrogen and oxygen atoms in total. The number of hydrogen-bond donors (Lipinski definition) is 0. The molecular weight excluding hydrogens is 206 g/mol. The first-order valence-electron chi connectivity index (χ1n) is 5.31. The normalized spacial score (nSPS) is 28.4. The van der Waals surface area contributed by atoms with Crippen LogP contribution < -0.4 is 4.90 Å². The lowest BCUT2D eigenvalue weighted by atomic mass is 10.1. The summed E-state index contributed by atoms with van der Waals surface area (Å²) in [5, 5.41) is 1.59. The van der Waals surface area contributed by atoms with Crippen molar-refractivity contribution >= 4 is 23.7 Å². The molecular formula is C12H13NOS. The van der Waals surface area contributed by atoms with Crippen LogP contribution in [0.5, 0.6) is 0 Å². The van der Waals surface area contributed by atoms with E-state index in [-0.39, 0.29) is 0 Å². The zero-order valence-electron chi connectivity index (χ0n) is 8.43. The molecule has 3 aliphatic heterocycles. The number of benzene rings is 1. The lowest BCUT2D eigenvalue weighted by Gasteiger charge is -2.47. The molecule has 0 spiro atoms. The first-order valence-corrected chi connectivity index (χ1v) is 6.25. The number of anilines is 1. The number of piperidine rings is 1. The minimum atomic E-state index is 0.795. The summed E-state index contributed by atoms with van der Waals surface area (Å²) in [6, 6.07) is 7.89. The maximum absolute atomic E-state index is 10.9. The molecule has 1 aromatic carbocycles. The minimum Gasteiger partial charge on any atom is -0.369 e. The van der Waals surface area contributed by atoms with Gasteiger partial charge in [0.05, 0.1) is 0 Å². The molecule has 0 N–H and O–H groups in total. The summed E-state index contributed by atoms with van der Waals surface area (Å²) >= 11 is 2.10. The van der Waals surface area contributed by atoms with Crippen molar-refractivity contribution in [3.8, 4) is 0 Å². The van der Waals surface area contributed by atoms with Gasteiger partial charge in [-0.1, -0.05) is 12.1 Å². The average Bonchev–Trinajstić information content (AvgIpc) is 2.28. The highest BCUT2D eigenvalue weighted by Crippen LogP contribution is 2.43. The largest absolute Gasteiger partial charge is 0.369 e. The van der Waals surface area contributed by atoms with Crippen molar-refractivity contribution in [2.24, 2.45) is 0 Å². The molecule has 0 saturated carbocycles. The highest BCUT2D eigenvalue weighted by atomic mass is 32.2. The average molecular weight is 219 g/mol. The minimum absolute atomic E-state index is 0.795. The molecule has 15 heavy (non-hydrogen) atoms. The van der Waals surface area contributed by atoms with E-state index in [9.17, 15) is 4.79 Å². The van der Waals surface area contributed by atoms with E-state index in [2.05, 4.69) is 22.7 Å². The summed E-state index contributed by atoms with van der Waals surface area (Å²) in [4.78, 5) is 13.3. The van der Waals surface area contributed by atoms with Gasteiger partial charge in [0.25, 0.3) is 0 Å². The van der Waals surface area contributed by atoms with Crippen LogP contribution >= 0.6 is 11.8 Å². The van der Waals surface area contributed by atoms with E-state index in [0.717, 1.165) is 41.1 Å². The van der Waals surface area contributed by atoms with Crippen LogP contribution in [-0.4, -0.2) is 29.9 Å². The number of carbonyl (C=O) groups is 1. The number of carbonyl (C=O) groups excluding carboxylic acids is 1. The molecule has 0 amide bonds. The molecule has 3 aliphatic rings. The molecule has 78 valence electrons. The number of hydrogen-bond acceptors (Lipinski definition) is 3. The molecule has 4 rings (SSSR count). The Balaban J connectivity index is 1.88. The van der Waals surface area contributed by atoms with Gasteiger partial charge in [-0.3, -0.25) is 4.79 Å². The Hall–Kier alpha value is -0.960. The lowest BCUT2D eigenvalue weighted by Crippen LogP contribution is -2.51. The monoisotopic (exact) mass is 219 g/mol. The molecule has 0 radical (unpaired) electrons. The topological polar surface area (TPSA) is 20.3 Å². The maximum Gasteiger partial charge on any atom is 0.152 e. The van der Waals surface area contributed by atoms with Gasteiger partial charge in [-0.2, -0.15) is 11.8 Å². The number of thioether (sulfide) groups is 1. The highest BCUT2D eigenvalue weighted by Gasteiger charge is 2.38. The van der Waals surface area contributed by atoms with E-state index >= 15 is 0 Å². The highest BCUT2D eigenvalue weighted by molar-refractivity contribution is 8.02. The standard InChI is InChI=1S/C12H13NOS/c14-8-9-3-1-2-4-12(9)13-6-10-5-11(7-13)15-10/h1-4,8,10-11H,5-7H2. The van der Waals surface area contributed by atoms with Crippen LogP contribution in [0.25, 0.3) is 0 Å². The second-order valence-electron chi connectivity index (χ2n) is 4.20. The van der Waals surface area contributed by atoms with Gasteiger partial charge in [0.2, 0.25) is 0 Å². The molecule has 2 unspecified atom stereocenters. The van der Waals surface area contributed by atoms with Crippen LogP contribution in [0.1, 0.15) is 16.8 Å². The van der Waals surface area contributed by atoms with Crippen molar-refractivity contribution in [2.45, 2.75) is 16.9 Å². The summed E-state index contributed by atoms with van der Waals surface area (Å²) in [7, 11) is 0. The molecule has 3 heteroatoms. The SMILES string of the molecule is O=Cc1ccccc1N1CC2CC(C1)S2. The van der Waals surface area contributed by atoms with E-state index in [1.165, 1.54) is 6.42 Å². The van der Waals surface area contributed by atoms with E-state index in [1.54, 1.807) is 0 Å². The number of fused-ring (bicyclic) bond motifs is 2. The molecule has 3 saturated heterocycles. The molecule has 3 heterocycles. The fourth-order valence-electron chi connectivity index (χ4n) is 2.43. The fourth-order valence-corrected chi connectivity index (χ4v) is 3.83. The second-order valence-corrected chi connectivity index (χ2v) is 5.80. The van der Waals surface area contributed by atoms with Crippen molar-refractivity contribution < 1.29 is 4.79 Å². The quantitative estimate of drug-likeness (QED) is 0.711. The lowest BCUT2D eigenvalue weighted by molar-refractivity contribution is 0.112. The number of aldehydes is 1. The fraction of sp³-hybridized carbons (Fsp3) is 0.417. The predicted molar refractivity (Wildman–Crippen MR) is 63.8 cm³/mol. The number of rotatable bonds is 2. The van der Waals surface area contributed by atoms with Crippen LogP contribution in [-0.2, 0) is 0 Å². The van der Waals surface area contributed by atoms with Crippen LogP contribution in [0.4, 0.5) is 5.69 Å². The Morgan fingerprint density at radius 3 is 2.60 bits per heavy atom. The maximum atomic E-state index is 10.9. The van der Waals surface area contributed by atoms with Crippen molar-refractivity contribution in [3.63, 3.8) is 0 Å². The van der Waals surface area contributed by atoms with E-state index in [4.69, 9.17) is 0 Å². The molecule has 2 bridgehead atoms. The van der Waals surface area contributed by atoms with Crippen LogP contribution in [0, 0.1) is 0 Å². The summed E-state index contributed by atoms with van der Waals surface area (Å²) in [5.41, 5.74) is 1.94. The summed E-state index contributed by atoms with van der Waals surface area (Å²) < 4.78 is 0. The van der Waals surface area contributed by atoms with E-state index in [1.807, 2.05) is 18.2 Å². The van der Waals surface area contributed by atoms with Crippen molar-refractivity contribution in [2.75, 3.05) is 18.0 Å². The van der Waals surface area contributed by atoms with Gasteiger partial charge >= 0.3 is 0 Å². The summed E-state index contributed by atoms with van der Waals surface area (Å²) in [5.74, 6) is 0. The van der Waals surface area contributed by atoms with Crippen LogP contribution in [0.3, 0.4) is 0 Å².